The van der Waals surface area contributed by atoms with E-state index < -0.39 is 0 Å². The van der Waals surface area contributed by atoms with Crippen LogP contribution in [0, 0.1) is 0 Å². The zero-order valence-electron chi connectivity index (χ0n) is 11.7. The molecule has 0 saturated carbocycles. The summed E-state index contributed by atoms with van der Waals surface area (Å²) in [7, 11) is 0. The number of benzene rings is 1. The first-order valence-corrected chi connectivity index (χ1v) is 7.46. The standard InChI is InChI=1S/C16H18ClN3O/c17-16-6-5-13(11-18-16)12-19-7-9-20(10-8-19)14-3-1-2-4-15(14)21/h1-6,11,21H,7-10,12H2. The topological polar surface area (TPSA) is 39.6 Å². The smallest absolute Gasteiger partial charge is 0.138 e. The van der Waals surface area contributed by atoms with E-state index in [1.54, 1.807) is 6.07 Å². The monoisotopic (exact) mass is 303 g/mol. The Morgan fingerprint density at radius 2 is 1.81 bits per heavy atom. The number of halogens is 1. The number of rotatable bonds is 3. The Morgan fingerprint density at radius 3 is 2.48 bits per heavy atom. The molecule has 0 spiro atoms. The van der Waals surface area contributed by atoms with Crippen molar-refractivity contribution in [3.63, 3.8) is 0 Å². The molecule has 2 heterocycles. The maximum Gasteiger partial charge on any atom is 0.138 e. The highest BCUT2D eigenvalue weighted by Crippen LogP contribution is 2.27. The van der Waals surface area contributed by atoms with Crippen LogP contribution in [0.15, 0.2) is 42.6 Å². The van der Waals surface area contributed by atoms with Crippen LogP contribution >= 0.6 is 11.6 Å². The van der Waals surface area contributed by atoms with Crippen molar-refractivity contribution in [3.05, 3.63) is 53.3 Å². The van der Waals surface area contributed by atoms with Gasteiger partial charge in [-0.3, -0.25) is 4.90 Å². The number of pyridine rings is 1. The molecule has 0 aliphatic carbocycles. The van der Waals surface area contributed by atoms with Gasteiger partial charge in [0.1, 0.15) is 10.9 Å². The van der Waals surface area contributed by atoms with Crippen molar-refractivity contribution in [2.24, 2.45) is 0 Å². The van der Waals surface area contributed by atoms with Crippen molar-refractivity contribution in [2.45, 2.75) is 6.54 Å². The highest BCUT2D eigenvalue weighted by Gasteiger charge is 2.19. The average molecular weight is 304 g/mol. The van der Waals surface area contributed by atoms with Gasteiger partial charge in [0.2, 0.25) is 0 Å². The van der Waals surface area contributed by atoms with E-state index in [0.29, 0.717) is 10.9 Å². The second-order valence-corrected chi connectivity index (χ2v) is 5.63. The van der Waals surface area contributed by atoms with E-state index in [9.17, 15) is 5.11 Å². The lowest BCUT2D eigenvalue weighted by molar-refractivity contribution is 0.249. The second kappa shape index (κ2) is 6.33. The van der Waals surface area contributed by atoms with Crippen molar-refractivity contribution >= 4 is 17.3 Å². The molecular weight excluding hydrogens is 286 g/mol. The molecule has 1 aromatic heterocycles. The zero-order chi connectivity index (χ0) is 14.7. The van der Waals surface area contributed by atoms with Gasteiger partial charge in [0.05, 0.1) is 5.69 Å². The van der Waals surface area contributed by atoms with Crippen LogP contribution in [0.5, 0.6) is 5.75 Å². The number of phenolic OH excluding ortho intramolecular Hbond substituents is 1. The molecule has 1 aliphatic rings. The molecule has 5 heteroatoms. The van der Waals surface area contributed by atoms with Crippen molar-refractivity contribution in [1.29, 1.82) is 0 Å². The lowest BCUT2D eigenvalue weighted by Crippen LogP contribution is -2.46. The van der Waals surface area contributed by atoms with Gasteiger partial charge in [-0.25, -0.2) is 4.98 Å². The maximum atomic E-state index is 9.91. The van der Waals surface area contributed by atoms with Crippen molar-refractivity contribution in [3.8, 4) is 5.75 Å². The second-order valence-electron chi connectivity index (χ2n) is 5.24. The Morgan fingerprint density at radius 1 is 1.05 bits per heavy atom. The third-order valence-electron chi connectivity index (χ3n) is 3.79. The van der Waals surface area contributed by atoms with E-state index in [0.717, 1.165) is 38.4 Å². The number of aromatic nitrogens is 1. The van der Waals surface area contributed by atoms with Gasteiger partial charge >= 0.3 is 0 Å². The summed E-state index contributed by atoms with van der Waals surface area (Å²) in [5.74, 6) is 0.354. The first-order chi connectivity index (χ1) is 10.2. The maximum absolute atomic E-state index is 9.91. The summed E-state index contributed by atoms with van der Waals surface area (Å²) in [4.78, 5) is 8.73. The lowest BCUT2D eigenvalue weighted by Gasteiger charge is -2.36. The quantitative estimate of drug-likeness (QED) is 0.885. The van der Waals surface area contributed by atoms with Gasteiger partial charge in [-0.05, 0) is 23.8 Å². The van der Waals surface area contributed by atoms with Crippen LogP contribution in [-0.2, 0) is 6.54 Å². The summed E-state index contributed by atoms with van der Waals surface area (Å²) in [6.45, 7) is 4.66. The van der Waals surface area contributed by atoms with E-state index in [2.05, 4.69) is 14.8 Å². The molecule has 2 aromatic rings. The highest BCUT2D eigenvalue weighted by atomic mass is 35.5. The molecule has 1 aromatic carbocycles. The Kier molecular flexibility index (Phi) is 4.27. The molecule has 3 rings (SSSR count). The first kappa shape index (κ1) is 14.2. The van der Waals surface area contributed by atoms with E-state index in [1.165, 1.54) is 5.56 Å². The predicted molar refractivity (Wildman–Crippen MR) is 84.8 cm³/mol. The molecule has 1 fully saturated rings. The fourth-order valence-corrected chi connectivity index (χ4v) is 2.75. The minimum absolute atomic E-state index is 0.354. The van der Waals surface area contributed by atoms with Crippen LogP contribution in [-0.4, -0.2) is 41.2 Å². The summed E-state index contributed by atoms with van der Waals surface area (Å²) < 4.78 is 0. The average Bonchev–Trinajstić information content (AvgIpc) is 2.51. The lowest BCUT2D eigenvalue weighted by atomic mass is 10.2. The SMILES string of the molecule is Oc1ccccc1N1CCN(Cc2ccc(Cl)nc2)CC1. The van der Waals surface area contributed by atoms with Gasteiger partial charge < -0.3 is 10.0 Å². The Balaban J connectivity index is 1.58. The molecule has 0 bridgehead atoms. The number of hydrogen-bond donors (Lipinski definition) is 1. The molecular formula is C16H18ClN3O. The molecule has 0 amide bonds. The summed E-state index contributed by atoms with van der Waals surface area (Å²) in [6.07, 6.45) is 1.83. The minimum atomic E-state index is 0.354. The van der Waals surface area contributed by atoms with Gasteiger partial charge in [0.25, 0.3) is 0 Å². The molecule has 1 saturated heterocycles. The van der Waals surface area contributed by atoms with Crippen LogP contribution in [0.1, 0.15) is 5.56 Å². The van der Waals surface area contributed by atoms with Gasteiger partial charge in [-0.1, -0.05) is 29.8 Å². The summed E-state index contributed by atoms with van der Waals surface area (Å²) in [6, 6.07) is 11.4. The molecule has 110 valence electrons. The molecule has 4 nitrogen and oxygen atoms in total. The third-order valence-corrected chi connectivity index (χ3v) is 4.01. The van der Waals surface area contributed by atoms with E-state index in [-0.39, 0.29) is 0 Å². The number of phenols is 1. The van der Waals surface area contributed by atoms with Crippen LogP contribution in [0.25, 0.3) is 0 Å². The summed E-state index contributed by atoms with van der Waals surface area (Å²) in [5, 5.41) is 10.4. The van der Waals surface area contributed by atoms with Crippen LogP contribution in [0.3, 0.4) is 0 Å². The summed E-state index contributed by atoms with van der Waals surface area (Å²) >= 11 is 5.80. The van der Waals surface area contributed by atoms with Gasteiger partial charge in [0, 0.05) is 38.9 Å². The molecule has 0 atom stereocenters. The Bertz CT molecular complexity index is 595. The van der Waals surface area contributed by atoms with E-state index >= 15 is 0 Å². The summed E-state index contributed by atoms with van der Waals surface area (Å²) in [5.41, 5.74) is 2.10. The largest absolute Gasteiger partial charge is 0.506 e. The fourth-order valence-electron chi connectivity index (χ4n) is 2.64. The van der Waals surface area contributed by atoms with Crippen LogP contribution in [0.2, 0.25) is 5.15 Å². The third kappa shape index (κ3) is 3.46. The fraction of sp³-hybridized carbons (Fsp3) is 0.312. The van der Waals surface area contributed by atoms with E-state index in [4.69, 9.17) is 11.6 Å². The Hall–Kier alpha value is -1.78. The van der Waals surface area contributed by atoms with Gasteiger partial charge in [0.15, 0.2) is 0 Å². The molecule has 1 aliphatic heterocycles. The molecule has 1 N–H and O–H groups in total. The molecule has 21 heavy (non-hydrogen) atoms. The van der Waals surface area contributed by atoms with Crippen molar-refractivity contribution in [1.82, 2.24) is 9.88 Å². The highest BCUT2D eigenvalue weighted by molar-refractivity contribution is 6.29. The van der Waals surface area contributed by atoms with Crippen LogP contribution in [0.4, 0.5) is 5.69 Å². The van der Waals surface area contributed by atoms with Gasteiger partial charge in [-0.2, -0.15) is 0 Å². The number of piperazine rings is 1. The van der Waals surface area contributed by atoms with Crippen molar-refractivity contribution in [2.75, 3.05) is 31.1 Å². The molecule has 0 radical (unpaired) electrons. The number of para-hydroxylation sites is 2. The number of nitrogens with zero attached hydrogens (tertiary/aromatic N) is 3. The minimum Gasteiger partial charge on any atom is -0.506 e. The zero-order valence-corrected chi connectivity index (χ0v) is 12.5. The molecule has 0 unspecified atom stereocenters. The number of anilines is 1. The van der Waals surface area contributed by atoms with Crippen LogP contribution < -0.4 is 4.90 Å². The Labute approximate surface area is 129 Å². The van der Waals surface area contributed by atoms with Crippen molar-refractivity contribution < 1.29 is 5.11 Å². The number of hydrogen-bond acceptors (Lipinski definition) is 4. The number of aromatic hydroxyl groups is 1. The predicted octanol–water partition coefficient (Wildman–Crippen LogP) is 2.76. The van der Waals surface area contributed by atoms with E-state index in [1.807, 2.05) is 36.5 Å². The normalized spacial score (nSPS) is 16.1. The van der Waals surface area contributed by atoms with Gasteiger partial charge in [-0.15, -0.1) is 0 Å². The first-order valence-electron chi connectivity index (χ1n) is 7.08.